The summed E-state index contributed by atoms with van der Waals surface area (Å²) < 4.78 is 0. The van der Waals surface area contributed by atoms with Crippen molar-refractivity contribution in [3.8, 4) is 0 Å². The van der Waals surface area contributed by atoms with Crippen LogP contribution < -0.4 is 0 Å². The Kier molecular flexibility index (Phi) is 1.45. The fraction of sp³-hybridized carbons (Fsp3) is 0. The fourth-order valence-corrected chi connectivity index (χ4v) is 2.08. The Morgan fingerprint density at radius 2 is 1.67 bits per heavy atom. The summed E-state index contributed by atoms with van der Waals surface area (Å²) in [6.07, 6.45) is 0. The molecule has 0 radical (unpaired) electrons. The van der Waals surface area contributed by atoms with Crippen molar-refractivity contribution in [3.63, 3.8) is 0 Å². The quantitative estimate of drug-likeness (QED) is 0.520. The van der Waals surface area contributed by atoms with Gasteiger partial charge in [0, 0.05) is 16.5 Å². The number of carbonyl (C=O) groups excluding carboxylic acids is 1. The van der Waals surface area contributed by atoms with Gasteiger partial charge < -0.3 is 5.21 Å². The number of hydrogen-bond donors (Lipinski definition) is 1. The summed E-state index contributed by atoms with van der Waals surface area (Å²) in [6, 6.07) is 11.1. The van der Waals surface area contributed by atoms with Crippen LogP contribution in [-0.2, 0) is 0 Å². The van der Waals surface area contributed by atoms with Gasteiger partial charge in [-0.1, -0.05) is 41.6 Å². The topological polar surface area (TPSA) is 49.7 Å². The Morgan fingerprint density at radius 3 is 2.33 bits per heavy atom. The number of benzene rings is 2. The van der Waals surface area contributed by atoms with Crippen LogP contribution in [0.4, 0.5) is 0 Å². The summed E-state index contributed by atoms with van der Waals surface area (Å²) in [5.74, 6) is -0.204. The van der Waals surface area contributed by atoms with Gasteiger partial charge in [0.05, 0.1) is 0 Å². The van der Waals surface area contributed by atoms with E-state index >= 15 is 0 Å². The zero-order chi connectivity index (χ0) is 10.4. The first-order valence-electron chi connectivity index (χ1n) is 4.62. The minimum atomic E-state index is -0.204. The van der Waals surface area contributed by atoms with Crippen molar-refractivity contribution in [2.75, 3.05) is 0 Å². The predicted molar refractivity (Wildman–Crippen MR) is 56.6 cm³/mol. The second-order valence-electron chi connectivity index (χ2n) is 3.49. The second-order valence-corrected chi connectivity index (χ2v) is 3.49. The van der Waals surface area contributed by atoms with Gasteiger partial charge in [-0.15, -0.1) is 0 Å². The fourth-order valence-electron chi connectivity index (χ4n) is 2.08. The largest absolute Gasteiger partial charge is 0.410 e. The first-order valence-corrected chi connectivity index (χ1v) is 4.62. The molecule has 2 aromatic carbocycles. The number of rotatable bonds is 0. The molecule has 15 heavy (non-hydrogen) atoms. The van der Waals surface area contributed by atoms with Crippen molar-refractivity contribution in [2.24, 2.45) is 5.16 Å². The zero-order valence-corrected chi connectivity index (χ0v) is 7.77. The highest BCUT2D eigenvalue weighted by Crippen LogP contribution is 2.30. The smallest absolute Gasteiger partial charge is 0.216 e. The third kappa shape index (κ3) is 0.892. The Balaban J connectivity index is 2.56. The summed E-state index contributed by atoms with van der Waals surface area (Å²) in [6.45, 7) is 0. The summed E-state index contributed by atoms with van der Waals surface area (Å²) in [7, 11) is 0. The van der Waals surface area contributed by atoms with E-state index in [1.807, 2.05) is 24.3 Å². The molecule has 1 N–H and O–H groups in total. The molecule has 0 amide bonds. The number of ketones is 1. The molecule has 0 atom stereocenters. The Hall–Kier alpha value is -2.16. The van der Waals surface area contributed by atoms with E-state index in [1.54, 1.807) is 12.1 Å². The van der Waals surface area contributed by atoms with E-state index < -0.39 is 0 Å². The van der Waals surface area contributed by atoms with Crippen LogP contribution in [0.15, 0.2) is 41.6 Å². The molecule has 0 saturated carbocycles. The number of nitrogens with zero attached hydrogens (tertiary/aromatic N) is 1. The van der Waals surface area contributed by atoms with Gasteiger partial charge in [-0.05, 0) is 5.39 Å². The normalized spacial score (nSPS) is 16.5. The van der Waals surface area contributed by atoms with Crippen LogP contribution in [0.25, 0.3) is 10.8 Å². The minimum absolute atomic E-state index is 0.141. The molecule has 0 spiro atoms. The lowest BCUT2D eigenvalue weighted by atomic mass is 10.1. The van der Waals surface area contributed by atoms with Crippen LogP contribution in [0.5, 0.6) is 0 Å². The molecule has 3 rings (SSSR count). The summed E-state index contributed by atoms with van der Waals surface area (Å²) in [4.78, 5) is 11.8. The number of oxime groups is 1. The monoisotopic (exact) mass is 197 g/mol. The standard InChI is InChI=1S/C12H7NO2/c14-12-9-6-2-4-7-3-1-5-8(10(7)9)11(12)13-15/h1-6,15H. The van der Waals surface area contributed by atoms with Crippen LogP contribution in [0.1, 0.15) is 15.9 Å². The maximum Gasteiger partial charge on any atom is 0.216 e. The van der Waals surface area contributed by atoms with E-state index in [2.05, 4.69) is 5.16 Å². The molecular weight excluding hydrogens is 190 g/mol. The number of Topliss-reactive ketones (excluding diaryl/α,β-unsaturated/α-hetero) is 1. The van der Waals surface area contributed by atoms with Gasteiger partial charge in [0.1, 0.15) is 0 Å². The lowest BCUT2D eigenvalue weighted by Gasteiger charge is -1.97. The summed E-state index contributed by atoms with van der Waals surface area (Å²) in [5, 5.41) is 13.8. The average Bonchev–Trinajstić information content (AvgIpc) is 2.55. The Bertz CT molecular complexity index is 609. The average molecular weight is 197 g/mol. The predicted octanol–water partition coefficient (Wildman–Crippen LogP) is 2.21. The zero-order valence-electron chi connectivity index (χ0n) is 7.77. The molecule has 0 aromatic heterocycles. The van der Waals surface area contributed by atoms with E-state index in [0.29, 0.717) is 5.56 Å². The van der Waals surface area contributed by atoms with Crippen LogP contribution in [-0.4, -0.2) is 16.7 Å². The van der Waals surface area contributed by atoms with E-state index in [9.17, 15) is 4.79 Å². The van der Waals surface area contributed by atoms with E-state index in [4.69, 9.17) is 5.21 Å². The van der Waals surface area contributed by atoms with Crippen LogP contribution >= 0.6 is 0 Å². The van der Waals surface area contributed by atoms with Gasteiger partial charge in [0.2, 0.25) is 5.78 Å². The molecule has 0 aliphatic heterocycles. The molecule has 0 saturated heterocycles. The molecule has 2 aromatic rings. The second kappa shape index (κ2) is 2.67. The van der Waals surface area contributed by atoms with Gasteiger partial charge in [-0.2, -0.15) is 0 Å². The molecule has 1 aliphatic carbocycles. The molecule has 3 heteroatoms. The van der Waals surface area contributed by atoms with Crippen molar-refractivity contribution in [1.82, 2.24) is 0 Å². The molecule has 1 aliphatic rings. The van der Waals surface area contributed by atoms with Crippen LogP contribution in [0.3, 0.4) is 0 Å². The van der Waals surface area contributed by atoms with Gasteiger partial charge in [0.15, 0.2) is 5.71 Å². The maximum atomic E-state index is 11.8. The van der Waals surface area contributed by atoms with Gasteiger partial charge in [-0.3, -0.25) is 4.79 Å². The third-order valence-electron chi connectivity index (χ3n) is 2.72. The van der Waals surface area contributed by atoms with Crippen LogP contribution in [0.2, 0.25) is 0 Å². The Labute approximate surface area is 85.6 Å². The molecule has 0 unspecified atom stereocenters. The first-order chi connectivity index (χ1) is 7.33. The van der Waals surface area contributed by atoms with Gasteiger partial charge >= 0.3 is 0 Å². The molecule has 3 nitrogen and oxygen atoms in total. The maximum absolute atomic E-state index is 11.8. The number of hydrogen-bond acceptors (Lipinski definition) is 3. The highest BCUT2D eigenvalue weighted by Gasteiger charge is 2.28. The lowest BCUT2D eigenvalue weighted by molar-refractivity contribution is 0.106. The number of carbonyl (C=O) groups is 1. The molecule has 0 heterocycles. The molecule has 0 bridgehead atoms. The third-order valence-corrected chi connectivity index (χ3v) is 2.72. The minimum Gasteiger partial charge on any atom is -0.410 e. The summed E-state index contributed by atoms with van der Waals surface area (Å²) in [5.41, 5.74) is 1.48. The van der Waals surface area contributed by atoms with Crippen LogP contribution in [0, 0.1) is 0 Å². The van der Waals surface area contributed by atoms with E-state index in [0.717, 1.165) is 16.3 Å². The van der Waals surface area contributed by atoms with Gasteiger partial charge in [0.25, 0.3) is 0 Å². The highest BCUT2D eigenvalue weighted by molar-refractivity contribution is 6.58. The molecular formula is C12H7NO2. The summed E-state index contributed by atoms with van der Waals surface area (Å²) >= 11 is 0. The van der Waals surface area contributed by atoms with Crippen molar-refractivity contribution in [3.05, 3.63) is 47.5 Å². The van der Waals surface area contributed by atoms with Crippen molar-refractivity contribution in [2.45, 2.75) is 0 Å². The first kappa shape index (κ1) is 8.17. The van der Waals surface area contributed by atoms with Crippen molar-refractivity contribution >= 4 is 22.3 Å². The van der Waals surface area contributed by atoms with Gasteiger partial charge in [-0.25, -0.2) is 0 Å². The van der Waals surface area contributed by atoms with Crippen molar-refractivity contribution in [1.29, 1.82) is 0 Å². The molecule has 0 fully saturated rings. The molecule has 72 valence electrons. The van der Waals surface area contributed by atoms with E-state index in [1.165, 1.54) is 0 Å². The highest BCUT2D eigenvalue weighted by atomic mass is 16.4. The van der Waals surface area contributed by atoms with Crippen molar-refractivity contribution < 1.29 is 10.0 Å². The lowest BCUT2D eigenvalue weighted by Crippen LogP contribution is -2.08. The Morgan fingerprint density at radius 1 is 1.00 bits per heavy atom. The SMILES string of the molecule is O=C1C(=NO)c2cccc3cccc1c23. The van der Waals surface area contributed by atoms with E-state index in [-0.39, 0.29) is 11.5 Å².